The molecule has 9 nitrogen and oxygen atoms in total. The number of H-pyrrole nitrogens is 2. The normalized spacial score (nSPS) is 15.1. The highest BCUT2D eigenvalue weighted by Gasteiger charge is 2.21. The van der Waals surface area contributed by atoms with Gasteiger partial charge in [-0.1, -0.05) is 0 Å². The molecule has 6 heterocycles. The van der Waals surface area contributed by atoms with Crippen molar-refractivity contribution in [1.82, 2.24) is 40.0 Å². The number of imidazole rings is 1. The number of aromatic amines is 2. The third kappa shape index (κ3) is 3.16. The van der Waals surface area contributed by atoms with Crippen LogP contribution >= 0.6 is 0 Å². The molecule has 0 saturated carbocycles. The lowest BCUT2D eigenvalue weighted by Gasteiger charge is -2.33. The molecule has 0 bridgehead atoms. The van der Waals surface area contributed by atoms with Crippen molar-refractivity contribution in [3.05, 3.63) is 48.8 Å². The summed E-state index contributed by atoms with van der Waals surface area (Å²) in [7, 11) is 2.13. The first-order valence-corrected chi connectivity index (χ1v) is 10.4. The predicted molar refractivity (Wildman–Crippen MR) is 120 cm³/mol. The Morgan fingerprint density at radius 1 is 1.00 bits per heavy atom. The molecule has 1 aliphatic heterocycles. The number of piperazine rings is 1. The third-order valence-corrected chi connectivity index (χ3v) is 5.86. The summed E-state index contributed by atoms with van der Waals surface area (Å²) in [4.78, 5) is 25.8. The van der Waals surface area contributed by atoms with E-state index in [2.05, 4.69) is 47.0 Å². The van der Waals surface area contributed by atoms with Crippen LogP contribution in [-0.4, -0.2) is 73.2 Å². The number of fused-ring (bicyclic) bond motifs is 2. The topological polar surface area (TPSA) is 103 Å². The minimum atomic E-state index is -0.392. The Labute approximate surface area is 182 Å². The highest BCUT2D eigenvalue weighted by Crippen LogP contribution is 2.31. The van der Waals surface area contributed by atoms with Crippen molar-refractivity contribution in [1.29, 1.82) is 0 Å². The monoisotopic (exact) mass is 429 g/mol. The number of aromatic nitrogens is 7. The molecule has 0 amide bonds. The zero-order valence-corrected chi connectivity index (χ0v) is 17.4. The maximum atomic E-state index is 13.7. The van der Waals surface area contributed by atoms with E-state index in [1.165, 1.54) is 12.3 Å². The summed E-state index contributed by atoms with van der Waals surface area (Å²) in [6.45, 7) is 3.79. The maximum Gasteiger partial charge on any atom is 0.159 e. The van der Waals surface area contributed by atoms with Crippen LogP contribution in [0.2, 0.25) is 0 Å². The Balaban J connectivity index is 1.44. The van der Waals surface area contributed by atoms with Gasteiger partial charge < -0.3 is 14.8 Å². The Hall–Kier alpha value is -3.92. The molecule has 6 rings (SSSR count). The van der Waals surface area contributed by atoms with Crippen LogP contribution in [0.3, 0.4) is 0 Å². The lowest BCUT2D eigenvalue weighted by molar-refractivity contribution is 0.312. The van der Waals surface area contributed by atoms with Crippen molar-refractivity contribution in [2.75, 3.05) is 38.1 Å². The molecular formula is C22H20FN9. The first-order chi connectivity index (χ1) is 15.7. The van der Waals surface area contributed by atoms with Gasteiger partial charge in [-0.05, 0) is 25.2 Å². The zero-order chi connectivity index (χ0) is 21.7. The molecule has 1 aliphatic rings. The average molecular weight is 429 g/mol. The highest BCUT2D eigenvalue weighted by atomic mass is 19.1. The quantitative estimate of drug-likeness (QED) is 0.455. The molecule has 32 heavy (non-hydrogen) atoms. The maximum absolute atomic E-state index is 13.7. The fraction of sp³-hybridized carbons (Fsp3) is 0.227. The molecule has 0 aliphatic carbocycles. The van der Waals surface area contributed by atoms with Crippen LogP contribution in [0, 0.1) is 5.82 Å². The van der Waals surface area contributed by atoms with Gasteiger partial charge in [0.1, 0.15) is 17.0 Å². The van der Waals surface area contributed by atoms with Crippen molar-refractivity contribution in [3.63, 3.8) is 0 Å². The van der Waals surface area contributed by atoms with Gasteiger partial charge in [0.15, 0.2) is 17.3 Å². The molecule has 0 spiro atoms. The SMILES string of the molecule is CN1CCN(c2nccc3[nH]c(-c4n[nH]c5ncc(-c6cncc(F)c6)cc45)nc23)CC1. The van der Waals surface area contributed by atoms with E-state index in [0.717, 1.165) is 54.0 Å². The highest BCUT2D eigenvalue weighted by molar-refractivity contribution is 5.95. The van der Waals surface area contributed by atoms with Crippen molar-refractivity contribution in [2.45, 2.75) is 0 Å². The van der Waals surface area contributed by atoms with E-state index in [1.807, 2.05) is 12.1 Å². The van der Waals surface area contributed by atoms with E-state index >= 15 is 0 Å². The summed E-state index contributed by atoms with van der Waals surface area (Å²) >= 11 is 0. The number of nitrogens with one attached hydrogen (secondary N) is 2. The van der Waals surface area contributed by atoms with Crippen molar-refractivity contribution < 1.29 is 4.39 Å². The number of pyridine rings is 3. The summed E-state index contributed by atoms with van der Waals surface area (Å²) in [5.74, 6) is 1.12. The van der Waals surface area contributed by atoms with Gasteiger partial charge in [0.2, 0.25) is 0 Å². The van der Waals surface area contributed by atoms with Gasteiger partial charge >= 0.3 is 0 Å². The van der Waals surface area contributed by atoms with Crippen LogP contribution in [0.15, 0.2) is 43.0 Å². The molecule has 2 N–H and O–H groups in total. The van der Waals surface area contributed by atoms with Crippen LogP contribution in [0.4, 0.5) is 10.2 Å². The van der Waals surface area contributed by atoms with Crippen molar-refractivity contribution in [2.24, 2.45) is 0 Å². The molecule has 5 aromatic heterocycles. The van der Waals surface area contributed by atoms with Gasteiger partial charge in [-0.15, -0.1) is 0 Å². The summed E-state index contributed by atoms with van der Waals surface area (Å²) in [6.07, 6.45) is 6.27. The molecule has 1 fully saturated rings. The smallest absolute Gasteiger partial charge is 0.159 e. The van der Waals surface area contributed by atoms with Crippen molar-refractivity contribution in [3.8, 4) is 22.6 Å². The molecule has 160 valence electrons. The van der Waals surface area contributed by atoms with Crippen LogP contribution < -0.4 is 4.90 Å². The van der Waals surface area contributed by atoms with E-state index in [1.54, 1.807) is 18.6 Å². The predicted octanol–water partition coefficient (Wildman–Crippen LogP) is 2.85. The number of likely N-dealkylation sites (N-methyl/N-ethyl adjacent to an activating group) is 1. The number of anilines is 1. The Morgan fingerprint density at radius 2 is 1.84 bits per heavy atom. The molecule has 1 saturated heterocycles. The van der Waals surface area contributed by atoms with Crippen LogP contribution in [0.1, 0.15) is 0 Å². The van der Waals surface area contributed by atoms with Gasteiger partial charge in [-0.25, -0.2) is 19.3 Å². The van der Waals surface area contributed by atoms with Gasteiger partial charge in [-0.2, -0.15) is 5.10 Å². The van der Waals surface area contributed by atoms with Gasteiger partial charge in [0, 0.05) is 55.9 Å². The first kappa shape index (κ1) is 18.8. The molecule has 0 aromatic carbocycles. The second-order valence-corrected chi connectivity index (χ2v) is 7.99. The number of halogens is 1. The number of nitrogens with zero attached hydrogens (tertiary/aromatic N) is 7. The van der Waals surface area contributed by atoms with E-state index in [4.69, 9.17) is 4.98 Å². The summed E-state index contributed by atoms with van der Waals surface area (Å²) in [6, 6.07) is 5.28. The van der Waals surface area contributed by atoms with Crippen LogP contribution in [0.5, 0.6) is 0 Å². The average Bonchev–Trinajstić information content (AvgIpc) is 3.43. The lowest BCUT2D eigenvalue weighted by Crippen LogP contribution is -2.44. The van der Waals surface area contributed by atoms with Crippen molar-refractivity contribution >= 4 is 27.9 Å². The second-order valence-electron chi connectivity index (χ2n) is 7.99. The number of rotatable bonds is 3. The summed E-state index contributed by atoms with van der Waals surface area (Å²) in [5.41, 5.74) is 4.41. The van der Waals surface area contributed by atoms with E-state index in [-0.39, 0.29) is 0 Å². The Morgan fingerprint density at radius 3 is 2.69 bits per heavy atom. The fourth-order valence-electron chi connectivity index (χ4n) is 4.09. The van der Waals surface area contributed by atoms with E-state index in [9.17, 15) is 4.39 Å². The molecule has 0 atom stereocenters. The molecule has 10 heteroatoms. The van der Waals surface area contributed by atoms with Gasteiger partial charge in [-0.3, -0.25) is 10.1 Å². The Kier molecular flexibility index (Phi) is 4.32. The number of hydrogen-bond acceptors (Lipinski definition) is 7. The lowest BCUT2D eigenvalue weighted by atomic mass is 10.1. The minimum Gasteiger partial charge on any atom is -0.352 e. The largest absolute Gasteiger partial charge is 0.352 e. The minimum absolute atomic E-state index is 0.392. The summed E-state index contributed by atoms with van der Waals surface area (Å²) in [5, 5.41) is 8.21. The molecule has 5 aromatic rings. The fourth-order valence-corrected chi connectivity index (χ4v) is 4.09. The van der Waals surface area contributed by atoms with Gasteiger partial charge in [0.05, 0.1) is 17.1 Å². The molecule has 0 unspecified atom stereocenters. The van der Waals surface area contributed by atoms with E-state index in [0.29, 0.717) is 22.7 Å². The first-order valence-electron chi connectivity index (χ1n) is 10.4. The second kappa shape index (κ2) is 7.34. The van der Waals surface area contributed by atoms with Crippen LogP contribution in [-0.2, 0) is 0 Å². The Bertz CT molecular complexity index is 1430. The molecular weight excluding hydrogens is 409 g/mol. The van der Waals surface area contributed by atoms with Crippen LogP contribution in [0.25, 0.3) is 44.7 Å². The zero-order valence-electron chi connectivity index (χ0n) is 17.4. The number of hydrogen-bond donors (Lipinski definition) is 2. The molecule has 0 radical (unpaired) electrons. The van der Waals surface area contributed by atoms with Gasteiger partial charge in [0.25, 0.3) is 0 Å². The summed E-state index contributed by atoms with van der Waals surface area (Å²) < 4.78 is 13.7. The third-order valence-electron chi connectivity index (χ3n) is 5.86. The standard InChI is InChI=1S/C22H20FN9/c1-31-4-6-32(7-5-31)22-19-17(2-3-25-22)27-21(28-19)18-16-9-14(11-26-20(16)30-29-18)13-8-15(23)12-24-10-13/h2-3,8-12H,4-7H2,1H3,(H,27,28)(H,26,29,30). The van der Waals surface area contributed by atoms with E-state index < -0.39 is 5.82 Å².